The van der Waals surface area contributed by atoms with Gasteiger partial charge >= 0.3 is 6.18 Å². The molecule has 0 saturated carbocycles. The lowest BCUT2D eigenvalue weighted by Crippen LogP contribution is -2.18. The molecule has 0 aromatic heterocycles. The second-order valence-corrected chi connectivity index (χ2v) is 3.51. The number of alkyl halides is 3. The highest BCUT2D eigenvalue weighted by Gasteiger charge is 2.34. The van der Waals surface area contributed by atoms with Gasteiger partial charge in [0, 0.05) is 19.3 Å². The van der Waals surface area contributed by atoms with Crippen LogP contribution in [-0.4, -0.2) is 13.6 Å². The minimum atomic E-state index is -4.52. The second kappa shape index (κ2) is 4.91. The van der Waals surface area contributed by atoms with Crippen LogP contribution in [-0.2, 0) is 6.18 Å². The third-order valence-electron chi connectivity index (χ3n) is 2.27. The first kappa shape index (κ1) is 13.1. The van der Waals surface area contributed by atoms with E-state index < -0.39 is 11.7 Å². The molecule has 0 heterocycles. The van der Waals surface area contributed by atoms with Gasteiger partial charge in [-0.05, 0) is 18.2 Å². The van der Waals surface area contributed by atoms with Crippen LogP contribution in [0.15, 0.2) is 30.9 Å². The summed E-state index contributed by atoms with van der Waals surface area (Å²) in [6.45, 7) is 3.95. The van der Waals surface area contributed by atoms with Crippen LogP contribution in [0.25, 0.3) is 0 Å². The van der Waals surface area contributed by atoms with Crippen molar-refractivity contribution < 1.29 is 13.2 Å². The molecule has 0 spiro atoms. The quantitative estimate of drug-likeness (QED) is 0.758. The second-order valence-electron chi connectivity index (χ2n) is 3.51. The van der Waals surface area contributed by atoms with E-state index in [2.05, 4.69) is 6.58 Å². The lowest BCUT2D eigenvalue weighted by atomic mass is 10.1. The number of hydrogen-bond acceptors (Lipinski definition) is 2. The number of rotatable bonds is 3. The summed E-state index contributed by atoms with van der Waals surface area (Å²) in [7, 11) is 1.66. The van der Waals surface area contributed by atoms with Crippen molar-refractivity contribution in [1.29, 1.82) is 5.26 Å². The van der Waals surface area contributed by atoms with Crippen LogP contribution in [0.4, 0.5) is 18.9 Å². The number of benzene rings is 1. The van der Waals surface area contributed by atoms with E-state index >= 15 is 0 Å². The predicted molar refractivity (Wildman–Crippen MR) is 59.6 cm³/mol. The van der Waals surface area contributed by atoms with Crippen LogP contribution in [0, 0.1) is 11.3 Å². The Balaban J connectivity index is 3.24. The number of halogens is 3. The monoisotopic (exact) mass is 240 g/mol. The maximum Gasteiger partial charge on any atom is 0.417 e. The highest BCUT2D eigenvalue weighted by molar-refractivity contribution is 5.54. The van der Waals surface area contributed by atoms with Crippen molar-refractivity contribution in [1.82, 2.24) is 0 Å². The Kier molecular flexibility index (Phi) is 3.79. The van der Waals surface area contributed by atoms with E-state index in [0.29, 0.717) is 12.2 Å². The summed E-state index contributed by atoms with van der Waals surface area (Å²) in [5.41, 5.74) is -0.877. The first-order valence-electron chi connectivity index (χ1n) is 4.83. The predicted octanol–water partition coefficient (Wildman–Crippen LogP) is 3.20. The maximum absolute atomic E-state index is 12.7. The van der Waals surface area contributed by atoms with Crippen molar-refractivity contribution in [3.05, 3.63) is 42.0 Å². The highest BCUT2D eigenvalue weighted by atomic mass is 19.4. The normalized spacial score (nSPS) is 10.8. The molecular weight excluding hydrogens is 229 g/mol. The van der Waals surface area contributed by atoms with Gasteiger partial charge in [-0.15, -0.1) is 6.58 Å². The molecule has 0 bridgehead atoms. The molecule has 0 aliphatic carbocycles. The first-order valence-corrected chi connectivity index (χ1v) is 4.83. The van der Waals surface area contributed by atoms with Crippen LogP contribution in [0.3, 0.4) is 0 Å². The molecule has 0 radical (unpaired) electrons. The van der Waals surface area contributed by atoms with Gasteiger partial charge < -0.3 is 4.90 Å². The largest absolute Gasteiger partial charge is 0.417 e. The van der Waals surface area contributed by atoms with Gasteiger partial charge in [-0.3, -0.25) is 0 Å². The van der Waals surface area contributed by atoms with Crippen molar-refractivity contribution in [3.8, 4) is 6.07 Å². The third kappa shape index (κ3) is 3.00. The lowest BCUT2D eigenvalue weighted by Gasteiger charge is -2.19. The van der Waals surface area contributed by atoms with Gasteiger partial charge in [-0.25, -0.2) is 0 Å². The zero-order valence-electron chi connectivity index (χ0n) is 9.25. The standard InChI is InChI=1S/C12H11F3N2/c1-3-6-17(2)10-5-4-9(8-16)11(7-10)12(13,14)15/h3-5,7H,1,6H2,2H3. The molecule has 0 fully saturated rings. The average molecular weight is 240 g/mol. The Morgan fingerprint density at radius 2 is 2.12 bits per heavy atom. The number of anilines is 1. The molecule has 0 aliphatic heterocycles. The molecule has 0 unspecified atom stereocenters. The van der Waals surface area contributed by atoms with E-state index in [1.54, 1.807) is 24.1 Å². The minimum absolute atomic E-state index is 0.367. The van der Waals surface area contributed by atoms with Gasteiger partial charge in [-0.1, -0.05) is 6.08 Å². The molecule has 17 heavy (non-hydrogen) atoms. The Labute approximate surface area is 97.6 Å². The van der Waals surface area contributed by atoms with Crippen LogP contribution in [0.1, 0.15) is 11.1 Å². The minimum Gasteiger partial charge on any atom is -0.371 e. The van der Waals surface area contributed by atoms with Gasteiger partial charge in [0.1, 0.15) is 0 Å². The molecule has 1 aromatic rings. The zero-order valence-corrected chi connectivity index (χ0v) is 9.25. The highest BCUT2D eigenvalue weighted by Crippen LogP contribution is 2.34. The van der Waals surface area contributed by atoms with E-state index in [1.807, 2.05) is 0 Å². The SMILES string of the molecule is C=CCN(C)c1ccc(C#N)c(C(F)(F)F)c1. The number of nitrogens with zero attached hydrogens (tertiary/aromatic N) is 2. The van der Waals surface area contributed by atoms with Gasteiger partial charge in [0.2, 0.25) is 0 Å². The number of hydrogen-bond donors (Lipinski definition) is 0. The number of nitriles is 1. The zero-order chi connectivity index (χ0) is 13.1. The molecule has 0 aliphatic rings. The van der Waals surface area contributed by atoms with Crippen molar-refractivity contribution in [2.45, 2.75) is 6.18 Å². The smallest absolute Gasteiger partial charge is 0.371 e. The van der Waals surface area contributed by atoms with Crippen LogP contribution >= 0.6 is 0 Å². The fourth-order valence-electron chi connectivity index (χ4n) is 1.40. The van der Waals surface area contributed by atoms with Crippen molar-refractivity contribution in [2.75, 3.05) is 18.5 Å². The molecule has 0 atom stereocenters. The lowest BCUT2D eigenvalue weighted by molar-refractivity contribution is -0.137. The van der Waals surface area contributed by atoms with E-state index in [9.17, 15) is 13.2 Å². The molecule has 2 nitrogen and oxygen atoms in total. The van der Waals surface area contributed by atoms with E-state index in [4.69, 9.17) is 5.26 Å². The molecule has 1 rings (SSSR count). The van der Waals surface area contributed by atoms with Gasteiger partial charge in [0.15, 0.2) is 0 Å². The van der Waals surface area contributed by atoms with E-state index in [-0.39, 0.29) is 5.56 Å². The molecular formula is C12H11F3N2. The Bertz CT molecular complexity index is 458. The van der Waals surface area contributed by atoms with Crippen molar-refractivity contribution >= 4 is 5.69 Å². The fourth-order valence-corrected chi connectivity index (χ4v) is 1.40. The Morgan fingerprint density at radius 3 is 2.59 bits per heavy atom. The summed E-state index contributed by atoms with van der Waals surface area (Å²) < 4.78 is 38.0. The van der Waals surface area contributed by atoms with Gasteiger partial charge in [0.05, 0.1) is 17.2 Å². The van der Waals surface area contributed by atoms with Crippen LogP contribution < -0.4 is 4.90 Å². The van der Waals surface area contributed by atoms with Crippen molar-refractivity contribution in [2.24, 2.45) is 0 Å². The molecule has 5 heteroatoms. The topological polar surface area (TPSA) is 27.0 Å². The molecule has 0 N–H and O–H groups in total. The summed E-state index contributed by atoms with van der Waals surface area (Å²) in [6.07, 6.45) is -2.93. The fraction of sp³-hybridized carbons (Fsp3) is 0.250. The van der Waals surface area contributed by atoms with Crippen LogP contribution in [0.2, 0.25) is 0 Å². The summed E-state index contributed by atoms with van der Waals surface area (Å²) >= 11 is 0. The Hall–Kier alpha value is -1.96. The molecule has 1 aromatic carbocycles. The van der Waals surface area contributed by atoms with Crippen molar-refractivity contribution in [3.63, 3.8) is 0 Å². The van der Waals surface area contributed by atoms with Crippen LogP contribution in [0.5, 0.6) is 0 Å². The summed E-state index contributed by atoms with van der Waals surface area (Å²) in [5.74, 6) is 0. The summed E-state index contributed by atoms with van der Waals surface area (Å²) in [6, 6.07) is 5.18. The van der Waals surface area contributed by atoms with Gasteiger partial charge in [-0.2, -0.15) is 18.4 Å². The first-order chi connectivity index (χ1) is 7.90. The molecule has 0 saturated heterocycles. The van der Waals surface area contributed by atoms with Gasteiger partial charge in [0.25, 0.3) is 0 Å². The third-order valence-corrected chi connectivity index (χ3v) is 2.27. The maximum atomic E-state index is 12.7. The summed E-state index contributed by atoms with van der Waals surface area (Å²) in [5, 5.41) is 8.63. The average Bonchev–Trinajstić information content (AvgIpc) is 2.27. The summed E-state index contributed by atoms with van der Waals surface area (Å²) in [4.78, 5) is 1.61. The molecule has 90 valence electrons. The number of likely N-dealkylation sites (N-methyl/N-ethyl adjacent to an activating group) is 1. The molecule has 0 amide bonds. The van der Waals surface area contributed by atoms with E-state index in [1.165, 1.54) is 12.1 Å². The Morgan fingerprint density at radius 1 is 1.47 bits per heavy atom. The van der Waals surface area contributed by atoms with E-state index in [0.717, 1.165) is 6.07 Å².